The van der Waals surface area contributed by atoms with Gasteiger partial charge in [-0.25, -0.2) is 4.98 Å². The molecule has 1 aromatic heterocycles. The molecule has 1 aliphatic heterocycles. The second-order valence-corrected chi connectivity index (χ2v) is 9.35. The first-order chi connectivity index (χ1) is 16.0. The summed E-state index contributed by atoms with van der Waals surface area (Å²) in [5.74, 6) is -1.37. The minimum atomic E-state index is -0.482. The van der Waals surface area contributed by atoms with E-state index < -0.39 is 17.7 Å². The first-order valence-corrected chi connectivity index (χ1v) is 11.8. The third kappa shape index (κ3) is 4.23. The predicted molar refractivity (Wildman–Crippen MR) is 125 cm³/mol. The summed E-state index contributed by atoms with van der Waals surface area (Å²) in [5, 5.41) is 6.19. The molecule has 2 N–H and O–H groups in total. The van der Waals surface area contributed by atoms with Crippen LogP contribution in [0.15, 0.2) is 42.5 Å². The zero-order valence-electron chi connectivity index (χ0n) is 17.8. The zero-order valence-corrected chi connectivity index (χ0v) is 18.6. The van der Waals surface area contributed by atoms with Gasteiger partial charge in [0.25, 0.3) is 11.8 Å². The van der Waals surface area contributed by atoms with Gasteiger partial charge >= 0.3 is 0 Å². The lowest BCUT2D eigenvalue weighted by atomic mass is 9.89. The van der Waals surface area contributed by atoms with Crippen molar-refractivity contribution in [3.8, 4) is 0 Å². The molecule has 2 heterocycles. The summed E-state index contributed by atoms with van der Waals surface area (Å²) in [7, 11) is 0. The van der Waals surface area contributed by atoms with Gasteiger partial charge in [-0.05, 0) is 43.2 Å². The van der Waals surface area contributed by atoms with Gasteiger partial charge in [-0.3, -0.25) is 24.1 Å². The normalized spacial score (nSPS) is 16.2. The number of nitrogens with zero attached hydrogens (tertiary/aromatic N) is 2. The van der Waals surface area contributed by atoms with Crippen molar-refractivity contribution in [2.24, 2.45) is 5.92 Å². The van der Waals surface area contributed by atoms with Crippen LogP contribution in [-0.4, -0.2) is 40.1 Å². The molecule has 1 fully saturated rings. The molecule has 8 nitrogen and oxygen atoms in total. The van der Waals surface area contributed by atoms with Gasteiger partial charge in [-0.15, -0.1) is 0 Å². The van der Waals surface area contributed by atoms with Gasteiger partial charge in [0.1, 0.15) is 6.54 Å². The van der Waals surface area contributed by atoms with E-state index in [9.17, 15) is 19.2 Å². The molecule has 0 atom stereocenters. The number of aromatic nitrogens is 1. The monoisotopic (exact) mass is 462 g/mol. The number of anilines is 2. The third-order valence-electron chi connectivity index (χ3n) is 6.06. The maximum absolute atomic E-state index is 12.5. The molecule has 2 aliphatic rings. The van der Waals surface area contributed by atoms with Crippen LogP contribution in [0, 0.1) is 5.92 Å². The molecular weight excluding hydrogens is 440 g/mol. The van der Waals surface area contributed by atoms with Crippen molar-refractivity contribution < 1.29 is 19.2 Å². The molecule has 2 aromatic carbocycles. The molecule has 3 aromatic rings. The number of imide groups is 1. The molecule has 0 spiro atoms. The van der Waals surface area contributed by atoms with Gasteiger partial charge in [-0.1, -0.05) is 42.7 Å². The van der Waals surface area contributed by atoms with Crippen molar-refractivity contribution in [1.29, 1.82) is 0 Å². The number of benzene rings is 2. The van der Waals surface area contributed by atoms with Crippen LogP contribution in [0.1, 0.15) is 52.8 Å². The first kappa shape index (κ1) is 21.3. The summed E-state index contributed by atoms with van der Waals surface area (Å²) in [5.41, 5.74) is 1.76. The fraction of sp³-hybridized carbons (Fsp3) is 0.292. The molecule has 4 amide bonds. The Balaban J connectivity index is 1.24. The van der Waals surface area contributed by atoms with Crippen LogP contribution in [0.2, 0.25) is 0 Å². The Morgan fingerprint density at radius 2 is 1.67 bits per heavy atom. The number of rotatable bonds is 5. The van der Waals surface area contributed by atoms with Crippen molar-refractivity contribution in [3.05, 3.63) is 53.6 Å². The van der Waals surface area contributed by atoms with Crippen molar-refractivity contribution >= 4 is 56.0 Å². The highest BCUT2D eigenvalue weighted by molar-refractivity contribution is 7.22. The highest BCUT2D eigenvalue weighted by Crippen LogP contribution is 2.30. The van der Waals surface area contributed by atoms with Gasteiger partial charge in [0.05, 0.1) is 21.3 Å². The fourth-order valence-corrected chi connectivity index (χ4v) is 5.21. The van der Waals surface area contributed by atoms with Crippen LogP contribution >= 0.6 is 11.3 Å². The summed E-state index contributed by atoms with van der Waals surface area (Å²) in [4.78, 5) is 55.4. The SMILES string of the molecule is O=C(CN1C(=O)c2ccccc2C1=O)Nc1ccc2sc(NC(=O)C3CCCCC3)nc2c1. The van der Waals surface area contributed by atoms with Gasteiger partial charge in [-0.2, -0.15) is 0 Å². The van der Waals surface area contributed by atoms with E-state index in [1.165, 1.54) is 17.8 Å². The number of carbonyl (C=O) groups is 4. The Morgan fingerprint density at radius 1 is 0.970 bits per heavy atom. The summed E-state index contributed by atoms with van der Waals surface area (Å²) < 4.78 is 0.882. The Bertz CT molecular complexity index is 1240. The fourth-order valence-electron chi connectivity index (χ4n) is 4.36. The number of thiazole rings is 1. The maximum Gasteiger partial charge on any atom is 0.262 e. The number of carbonyl (C=O) groups excluding carboxylic acids is 4. The highest BCUT2D eigenvalue weighted by atomic mass is 32.1. The minimum Gasteiger partial charge on any atom is -0.324 e. The lowest BCUT2D eigenvalue weighted by molar-refractivity contribution is -0.120. The molecule has 1 aliphatic carbocycles. The van der Waals surface area contributed by atoms with Crippen LogP contribution in [0.5, 0.6) is 0 Å². The largest absolute Gasteiger partial charge is 0.324 e. The van der Waals surface area contributed by atoms with E-state index in [0.717, 1.165) is 35.3 Å². The highest BCUT2D eigenvalue weighted by Gasteiger charge is 2.36. The lowest BCUT2D eigenvalue weighted by Crippen LogP contribution is -2.37. The topological polar surface area (TPSA) is 108 Å². The van der Waals surface area contributed by atoms with Crippen LogP contribution in [0.3, 0.4) is 0 Å². The van der Waals surface area contributed by atoms with Gasteiger partial charge in [0.15, 0.2) is 5.13 Å². The molecule has 5 rings (SSSR count). The lowest BCUT2D eigenvalue weighted by Gasteiger charge is -2.19. The molecule has 9 heteroatoms. The van der Waals surface area contributed by atoms with E-state index in [1.807, 2.05) is 6.07 Å². The molecule has 33 heavy (non-hydrogen) atoms. The van der Waals surface area contributed by atoms with Gasteiger partial charge < -0.3 is 10.6 Å². The number of amides is 4. The second kappa shape index (κ2) is 8.74. The van der Waals surface area contributed by atoms with E-state index >= 15 is 0 Å². The Kier molecular flexibility index (Phi) is 5.63. The number of hydrogen-bond acceptors (Lipinski definition) is 6. The maximum atomic E-state index is 12.5. The number of fused-ring (bicyclic) bond motifs is 2. The molecule has 1 saturated carbocycles. The average Bonchev–Trinajstić information content (AvgIpc) is 3.33. The van der Waals surface area contributed by atoms with E-state index in [4.69, 9.17) is 0 Å². The molecule has 0 bridgehead atoms. The number of nitrogens with one attached hydrogen (secondary N) is 2. The van der Waals surface area contributed by atoms with Crippen LogP contribution in [0.4, 0.5) is 10.8 Å². The van der Waals surface area contributed by atoms with Gasteiger partial charge in [0.2, 0.25) is 11.8 Å². The van der Waals surface area contributed by atoms with Crippen molar-refractivity contribution in [2.45, 2.75) is 32.1 Å². The average molecular weight is 463 g/mol. The van der Waals surface area contributed by atoms with E-state index in [1.54, 1.807) is 36.4 Å². The summed E-state index contributed by atoms with van der Waals surface area (Å²) in [6, 6.07) is 11.8. The van der Waals surface area contributed by atoms with Crippen LogP contribution < -0.4 is 10.6 Å². The molecule has 0 saturated heterocycles. The standard InChI is InChI=1S/C24H22N4O4S/c29-20(13-28-22(31)16-8-4-5-9-17(16)23(28)32)25-15-10-11-19-18(12-15)26-24(33-19)27-21(30)14-6-2-1-3-7-14/h4-5,8-12,14H,1-3,6-7,13H2,(H,25,29)(H,26,27,30). The molecule has 168 valence electrons. The Morgan fingerprint density at radius 3 is 2.36 bits per heavy atom. The van der Waals surface area contributed by atoms with Crippen LogP contribution in [0.25, 0.3) is 10.2 Å². The predicted octanol–water partition coefficient (Wildman–Crippen LogP) is 4.05. The van der Waals surface area contributed by atoms with E-state index in [0.29, 0.717) is 27.5 Å². The number of hydrogen-bond donors (Lipinski definition) is 2. The summed E-state index contributed by atoms with van der Waals surface area (Å²) >= 11 is 1.38. The molecule has 0 unspecified atom stereocenters. The van der Waals surface area contributed by atoms with Crippen LogP contribution in [-0.2, 0) is 9.59 Å². The zero-order chi connectivity index (χ0) is 22.9. The first-order valence-electron chi connectivity index (χ1n) is 11.0. The van der Waals surface area contributed by atoms with E-state index in [2.05, 4.69) is 15.6 Å². The van der Waals surface area contributed by atoms with E-state index in [-0.39, 0.29) is 18.4 Å². The van der Waals surface area contributed by atoms with Gasteiger partial charge in [0, 0.05) is 11.6 Å². The van der Waals surface area contributed by atoms with Crippen molar-refractivity contribution in [2.75, 3.05) is 17.2 Å². The smallest absolute Gasteiger partial charge is 0.262 e. The summed E-state index contributed by atoms with van der Waals surface area (Å²) in [6.07, 6.45) is 5.19. The third-order valence-corrected chi connectivity index (χ3v) is 7.01. The Labute approximate surface area is 194 Å². The molecule has 0 radical (unpaired) electrons. The Hall–Kier alpha value is -3.59. The minimum absolute atomic E-state index is 0.0169. The molecular formula is C24H22N4O4S. The quantitative estimate of drug-likeness (QED) is 0.556. The summed E-state index contributed by atoms with van der Waals surface area (Å²) in [6.45, 7) is -0.371. The second-order valence-electron chi connectivity index (χ2n) is 8.32. The van der Waals surface area contributed by atoms with Crippen molar-refractivity contribution in [1.82, 2.24) is 9.88 Å². The van der Waals surface area contributed by atoms with Crippen molar-refractivity contribution in [3.63, 3.8) is 0 Å².